The van der Waals surface area contributed by atoms with E-state index in [9.17, 15) is 19.3 Å². The molecule has 0 spiro atoms. The predicted molar refractivity (Wildman–Crippen MR) is 80.2 cm³/mol. The number of nitrogens with zero attached hydrogens (tertiary/aromatic N) is 1. The van der Waals surface area contributed by atoms with Gasteiger partial charge < -0.3 is 5.32 Å². The van der Waals surface area contributed by atoms with Crippen molar-refractivity contribution in [3.8, 4) is 0 Å². The predicted octanol–water partition coefficient (Wildman–Crippen LogP) is 4.40. The summed E-state index contributed by atoms with van der Waals surface area (Å²) >= 11 is 8.85. The van der Waals surface area contributed by atoms with E-state index in [1.807, 2.05) is 0 Å². The molecule has 8 heteroatoms. The normalized spacial score (nSPS) is 10.2. The van der Waals surface area contributed by atoms with Crippen LogP contribution in [0.25, 0.3) is 0 Å². The summed E-state index contributed by atoms with van der Waals surface area (Å²) in [5.74, 6) is -1.21. The second-order valence-electron chi connectivity index (χ2n) is 4.00. The lowest BCUT2D eigenvalue weighted by atomic mass is 10.2. The zero-order valence-corrected chi connectivity index (χ0v) is 12.6. The Bertz CT molecular complexity index is 739. The zero-order chi connectivity index (χ0) is 15.6. The fourth-order valence-electron chi connectivity index (χ4n) is 1.57. The van der Waals surface area contributed by atoms with E-state index in [1.165, 1.54) is 24.3 Å². The molecule has 0 aromatic heterocycles. The van der Waals surface area contributed by atoms with Gasteiger partial charge in [0, 0.05) is 17.8 Å². The molecule has 0 atom stereocenters. The number of carbonyl (C=O) groups excluding carboxylic acids is 1. The van der Waals surface area contributed by atoms with Crippen molar-refractivity contribution in [3.05, 3.63) is 67.4 Å². The summed E-state index contributed by atoms with van der Waals surface area (Å²) in [4.78, 5) is 22.1. The first-order chi connectivity index (χ1) is 9.88. The van der Waals surface area contributed by atoms with Crippen molar-refractivity contribution < 1.29 is 14.1 Å². The lowest BCUT2D eigenvalue weighted by Crippen LogP contribution is -2.13. The Hall–Kier alpha value is -1.99. The van der Waals surface area contributed by atoms with Gasteiger partial charge in [-0.05, 0) is 40.2 Å². The number of nitro benzene ring substituents is 1. The maximum atomic E-state index is 13.4. The lowest BCUT2D eigenvalue weighted by Gasteiger charge is -2.07. The number of hydrogen-bond donors (Lipinski definition) is 1. The highest BCUT2D eigenvalue weighted by atomic mass is 79.9. The van der Waals surface area contributed by atoms with Crippen LogP contribution in [-0.2, 0) is 0 Å². The molecule has 108 valence electrons. The Morgan fingerprint density at radius 1 is 1.29 bits per heavy atom. The number of nitro groups is 1. The molecule has 0 aliphatic rings. The number of anilines is 1. The number of hydrogen-bond acceptors (Lipinski definition) is 3. The fourth-order valence-corrected chi connectivity index (χ4v) is 2.02. The summed E-state index contributed by atoms with van der Waals surface area (Å²) in [7, 11) is 0. The van der Waals surface area contributed by atoms with Crippen LogP contribution in [0.2, 0.25) is 5.02 Å². The number of carbonyl (C=O) groups is 1. The monoisotopic (exact) mass is 372 g/mol. The smallest absolute Gasteiger partial charge is 0.270 e. The summed E-state index contributed by atoms with van der Waals surface area (Å²) in [5, 5.41) is 13.2. The van der Waals surface area contributed by atoms with E-state index in [4.69, 9.17) is 11.6 Å². The van der Waals surface area contributed by atoms with Crippen molar-refractivity contribution in [1.29, 1.82) is 0 Å². The molecule has 0 aliphatic carbocycles. The second-order valence-corrected chi connectivity index (χ2v) is 5.27. The minimum Gasteiger partial charge on any atom is -0.322 e. The molecule has 2 rings (SSSR count). The molecule has 2 aromatic carbocycles. The van der Waals surface area contributed by atoms with Gasteiger partial charge in [0.05, 0.1) is 20.0 Å². The molecule has 0 unspecified atom stereocenters. The molecule has 0 bridgehead atoms. The van der Waals surface area contributed by atoms with Crippen molar-refractivity contribution in [2.75, 3.05) is 5.32 Å². The topological polar surface area (TPSA) is 72.2 Å². The summed E-state index contributed by atoms with van der Waals surface area (Å²) in [6.07, 6.45) is 0. The molecule has 21 heavy (non-hydrogen) atoms. The number of rotatable bonds is 3. The van der Waals surface area contributed by atoms with Gasteiger partial charge >= 0.3 is 0 Å². The molecule has 1 amide bonds. The van der Waals surface area contributed by atoms with Crippen molar-refractivity contribution in [1.82, 2.24) is 0 Å². The van der Waals surface area contributed by atoms with E-state index in [1.54, 1.807) is 0 Å². The number of nitrogens with one attached hydrogen (secondary N) is 1. The highest BCUT2D eigenvalue weighted by Gasteiger charge is 2.16. The van der Waals surface area contributed by atoms with Crippen LogP contribution < -0.4 is 5.32 Å². The van der Waals surface area contributed by atoms with Crippen molar-refractivity contribution in [2.45, 2.75) is 0 Å². The molecule has 0 fully saturated rings. The third-order valence-electron chi connectivity index (χ3n) is 2.58. The number of benzene rings is 2. The molecular formula is C13H7BrClFN2O3. The van der Waals surface area contributed by atoms with Crippen LogP contribution in [0.5, 0.6) is 0 Å². The molecule has 0 saturated carbocycles. The van der Waals surface area contributed by atoms with E-state index < -0.39 is 16.6 Å². The van der Waals surface area contributed by atoms with E-state index in [-0.39, 0.29) is 26.4 Å². The Kier molecular flexibility index (Phi) is 4.54. The molecular weight excluding hydrogens is 367 g/mol. The van der Waals surface area contributed by atoms with Gasteiger partial charge in [-0.15, -0.1) is 0 Å². The van der Waals surface area contributed by atoms with Crippen LogP contribution in [-0.4, -0.2) is 10.8 Å². The molecule has 0 saturated heterocycles. The van der Waals surface area contributed by atoms with Crippen LogP contribution in [0.4, 0.5) is 15.8 Å². The van der Waals surface area contributed by atoms with Gasteiger partial charge in [-0.3, -0.25) is 14.9 Å². The van der Waals surface area contributed by atoms with Crippen molar-refractivity contribution >= 4 is 44.8 Å². The maximum Gasteiger partial charge on any atom is 0.270 e. The first-order valence-electron chi connectivity index (χ1n) is 5.59. The third kappa shape index (κ3) is 3.56. The van der Waals surface area contributed by atoms with Crippen LogP contribution in [0.1, 0.15) is 10.4 Å². The summed E-state index contributed by atoms with van der Waals surface area (Å²) in [6, 6.07) is 7.55. The second kappa shape index (κ2) is 6.19. The average Bonchev–Trinajstić information content (AvgIpc) is 2.43. The Labute approximate surface area is 132 Å². The number of non-ortho nitro benzene ring substituents is 1. The Morgan fingerprint density at radius 2 is 2.00 bits per heavy atom. The SMILES string of the molecule is O=C(Nc1ccc(Br)c(F)c1)c1cc([N+](=O)[O-])ccc1Cl. The molecule has 1 N–H and O–H groups in total. The van der Waals surface area contributed by atoms with E-state index >= 15 is 0 Å². The average molecular weight is 374 g/mol. The first-order valence-corrected chi connectivity index (χ1v) is 6.76. The molecule has 2 aromatic rings. The van der Waals surface area contributed by atoms with Gasteiger partial charge in [0.25, 0.3) is 11.6 Å². The highest BCUT2D eigenvalue weighted by molar-refractivity contribution is 9.10. The van der Waals surface area contributed by atoms with Crippen LogP contribution >= 0.6 is 27.5 Å². The third-order valence-corrected chi connectivity index (χ3v) is 3.56. The minimum absolute atomic E-state index is 0.0609. The highest BCUT2D eigenvalue weighted by Crippen LogP contribution is 2.24. The van der Waals surface area contributed by atoms with Gasteiger partial charge in [0.1, 0.15) is 5.82 Å². The zero-order valence-electron chi connectivity index (χ0n) is 10.3. The van der Waals surface area contributed by atoms with Crippen LogP contribution in [0.3, 0.4) is 0 Å². The van der Waals surface area contributed by atoms with E-state index in [2.05, 4.69) is 21.2 Å². The quantitative estimate of drug-likeness (QED) is 0.640. The lowest BCUT2D eigenvalue weighted by molar-refractivity contribution is -0.384. The minimum atomic E-state index is -0.662. The Balaban J connectivity index is 2.29. The van der Waals surface area contributed by atoms with Gasteiger partial charge in [0.2, 0.25) is 0 Å². The number of amides is 1. The summed E-state index contributed by atoms with van der Waals surface area (Å²) in [6.45, 7) is 0. The summed E-state index contributed by atoms with van der Waals surface area (Å²) in [5.41, 5.74) is -0.107. The molecule has 5 nitrogen and oxygen atoms in total. The van der Waals surface area contributed by atoms with Gasteiger partial charge in [0.15, 0.2) is 0 Å². The first kappa shape index (κ1) is 15.4. The summed E-state index contributed by atoms with van der Waals surface area (Å²) < 4.78 is 13.6. The van der Waals surface area contributed by atoms with E-state index in [0.717, 1.165) is 12.1 Å². The largest absolute Gasteiger partial charge is 0.322 e. The van der Waals surface area contributed by atoms with Gasteiger partial charge in [-0.1, -0.05) is 11.6 Å². The fraction of sp³-hybridized carbons (Fsp3) is 0. The maximum absolute atomic E-state index is 13.4. The standard InChI is InChI=1S/C13H7BrClFN2O3/c14-10-3-1-7(5-12(10)16)17-13(19)9-6-8(18(20)21)2-4-11(9)15/h1-6H,(H,17,19). The van der Waals surface area contributed by atoms with E-state index in [0.29, 0.717) is 0 Å². The Morgan fingerprint density at radius 3 is 2.62 bits per heavy atom. The molecule has 0 aliphatic heterocycles. The van der Waals surface area contributed by atoms with Crippen molar-refractivity contribution in [3.63, 3.8) is 0 Å². The van der Waals surface area contributed by atoms with Crippen molar-refractivity contribution in [2.24, 2.45) is 0 Å². The van der Waals surface area contributed by atoms with Crippen LogP contribution in [0, 0.1) is 15.9 Å². The van der Waals surface area contributed by atoms with Crippen LogP contribution in [0.15, 0.2) is 40.9 Å². The number of halogens is 3. The van der Waals surface area contributed by atoms with Gasteiger partial charge in [-0.2, -0.15) is 0 Å². The van der Waals surface area contributed by atoms with Gasteiger partial charge in [-0.25, -0.2) is 4.39 Å². The molecule has 0 radical (unpaired) electrons. The molecule has 0 heterocycles.